The van der Waals surface area contributed by atoms with Gasteiger partial charge in [0.05, 0.1) is 27.0 Å². The van der Waals surface area contributed by atoms with Crippen LogP contribution < -0.4 is 24.0 Å². The molecule has 3 aromatic rings. The van der Waals surface area contributed by atoms with Crippen molar-refractivity contribution in [3.8, 4) is 28.6 Å². The van der Waals surface area contributed by atoms with Gasteiger partial charge in [-0.2, -0.15) is 4.98 Å². The molecular weight excluding hydrogens is 474 g/mol. The zero-order valence-electron chi connectivity index (χ0n) is 21.6. The van der Waals surface area contributed by atoms with E-state index in [1.54, 1.807) is 21.3 Å². The summed E-state index contributed by atoms with van der Waals surface area (Å²) < 4.78 is 21.7. The lowest BCUT2D eigenvalue weighted by atomic mass is 9.95. The van der Waals surface area contributed by atoms with Gasteiger partial charge in [0, 0.05) is 50.7 Å². The van der Waals surface area contributed by atoms with E-state index in [-0.39, 0.29) is 11.8 Å². The van der Waals surface area contributed by atoms with E-state index < -0.39 is 0 Å². The fourth-order valence-corrected chi connectivity index (χ4v) is 5.07. The summed E-state index contributed by atoms with van der Waals surface area (Å²) in [6, 6.07) is 14.0. The number of hydrogen-bond acceptors (Lipinski definition) is 9. The Bertz CT molecular complexity index is 1220. The third-order valence-electron chi connectivity index (χ3n) is 7.19. The molecule has 0 aliphatic carbocycles. The Morgan fingerprint density at radius 2 is 1.54 bits per heavy atom. The van der Waals surface area contributed by atoms with Gasteiger partial charge in [0.2, 0.25) is 11.7 Å². The van der Waals surface area contributed by atoms with Crippen molar-refractivity contribution in [3.63, 3.8) is 0 Å². The number of piperidine rings is 1. The van der Waals surface area contributed by atoms with Gasteiger partial charge in [-0.25, -0.2) is 0 Å². The standard InChI is InChI=1S/C27H33N5O5/c1-34-22-7-5-4-6-21(22)30-14-16-31(17-15-30)26(33)19-10-12-32(13-11-19)27-28-25(29-37-27)20-8-9-23(35-2)24(18-20)36-3/h4-9,18-19H,10-17H2,1-3H3. The average Bonchev–Trinajstić information content (AvgIpc) is 3.47. The predicted octanol–water partition coefficient (Wildman–Crippen LogP) is 3.33. The number of carbonyl (C=O) groups is 1. The molecule has 5 rings (SSSR count). The van der Waals surface area contributed by atoms with Gasteiger partial charge in [-0.3, -0.25) is 4.79 Å². The number of methoxy groups -OCH3 is 3. The number of anilines is 2. The fourth-order valence-electron chi connectivity index (χ4n) is 5.07. The highest BCUT2D eigenvalue weighted by atomic mass is 16.5. The first-order chi connectivity index (χ1) is 18.1. The van der Waals surface area contributed by atoms with Gasteiger partial charge in [0.1, 0.15) is 5.75 Å². The second-order valence-corrected chi connectivity index (χ2v) is 9.22. The van der Waals surface area contributed by atoms with Gasteiger partial charge in [-0.05, 0) is 43.2 Å². The Morgan fingerprint density at radius 3 is 2.24 bits per heavy atom. The molecule has 1 amide bonds. The second-order valence-electron chi connectivity index (χ2n) is 9.22. The smallest absolute Gasteiger partial charge is 0.324 e. The topological polar surface area (TPSA) is 93.4 Å². The Hall–Kier alpha value is -3.95. The molecule has 2 aliphatic heterocycles. The minimum atomic E-state index is 0.0160. The van der Waals surface area contributed by atoms with E-state index in [0.29, 0.717) is 36.4 Å². The van der Waals surface area contributed by atoms with Crippen molar-refractivity contribution in [1.82, 2.24) is 15.0 Å². The van der Waals surface area contributed by atoms with Gasteiger partial charge >= 0.3 is 6.01 Å². The molecule has 10 nitrogen and oxygen atoms in total. The number of ether oxygens (including phenoxy) is 3. The first-order valence-electron chi connectivity index (χ1n) is 12.6. The molecule has 10 heteroatoms. The third-order valence-corrected chi connectivity index (χ3v) is 7.19. The third kappa shape index (κ3) is 5.14. The lowest BCUT2D eigenvalue weighted by Crippen LogP contribution is -2.51. The van der Waals surface area contributed by atoms with E-state index in [4.69, 9.17) is 18.7 Å². The summed E-state index contributed by atoms with van der Waals surface area (Å²) in [6.07, 6.45) is 1.53. The number of amides is 1. The highest BCUT2D eigenvalue weighted by molar-refractivity contribution is 5.79. The molecule has 196 valence electrons. The molecule has 0 spiro atoms. The van der Waals surface area contributed by atoms with Crippen LogP contribution in [0, 0.1) is 5.92 Å². The Morgan fingerprint density at radius 1 is 0.838 bits per heavy atom. The molecule has 0 radical (unpaired) electrons. The maximum absolute atomic E-state index is 13.3. The summed E-state index contributed by atoms with van der Waals surface area (Å²) in [4.78, 5) is 24.2. The highest BCUT2D eigenvalue weighted by Crippen LogP contribution is 2.33. The molecule has 1 aromatic heterocycles. The van der Waals surface area contributed by atoms with E-state index in [1.807, 2.05) is 41.3 Å². The fraction of sp³-hybridized carbons (Fsp3) is 0.444. The lowest BCUT2D eigenvalue weighted by Gasteiger charge is -2.39. The SMILES string of the molecule is COc1ccc(-c2noc(N3CCC(C(=O)N4CCN(c5ccccc5OC)CC4)CC3)n2)cc1OC. The molecule has 2 fully saturated rings. The zero-order chi connectivity index (χ0) is 25.8. The van der Waals surface area contributed by atoms with E-state index in [1.165, 1.54) is 0 Å². The van der Waals surface area contributed by atoms with Crippen LogP contribution in [0.4, 0.5) is 11.7 Å². The average molecular weight is 508 g/mol. The molecule has 0 atom stereocenters. The maximum atomic E-state index is 13.3. The number of carbonyl (C=O) groups excluding carboxylic acids is 1. The summed E-state index contributed by atoms with van der Waals surface area (Å²) >= 11 is 0. The molecule has 2 aromatic carbocycles. The second kappa shape index (κ2) is 11.0. The highest BCUT2D eigenvalue weighted by Gasteiger charge is 2.32. The Kier molecular flexibility index (Phi) is 7.34. The molecule has 0 saturated carbocycles. The summed E-state index contributed by atoms with van der Waals surface area (Å²) in [5, 5.41) is 4.15. The van der Waals surface area contributed by atoms with E-state index in [9.17, 15) is 4.79 Å². The summed E-state index contributed by atoms with van der Waals surface area (Å²) in [5.41, 5.74) is 1.86. The van der Waals surface area contributed by atoms with E-state index in [0.717, 1.165) is 56.0 Å². The normalized spacial score (nSPS) is 16.6. The van der Waals surface area contributed by atoms with Gasteiger partial charge in [0.15, 0.2) is 11.5 Å². The van der Waals surface area contributed by atoms with Gasteiger partial charge in [-0.1, -0.05) is 17.3 Å². The van der Waals surface area contributed by atoms with Crippen LogP contribution in [0.5, 0.6) is 17.2 Å². The van der Waals surface area contributed by atoms with E-state index >= 15 is 0 Å². The minimum Gasteiger partial charge on any atom is -0.495 e. The van der Waals surface area contributed by atoms with Crippen molar-refractivity contribution in [2.24, 2.45) is 5.92 Å². The monoisotopic (exact) mass is 507 g/mol. The Labute approximate surface area is 216 Å². The van der Waals surface area contributed by atoms with Crippen molar-refractivity contribution < 1.29 is 23.5 Å². The number of aromatic nitrogens is 2. The molecule has 37 heavy (non-hydrogen) atoms. The van der Waals surface area contributed by atoms with Crippen molar-refractivity contribution in [2.45, 2.75) is 12.8 Å². The van der Waals surface area contributed by atoms with Crippen LogP contribution in [0.2, 0.25) is 0 Å². The number of nitrogens with zero attached hydrogens (tertiary/aromatic N) is 5. The lowest BCUT2D eigenvalue weighted by molar-refractivity contribution is -0.136. The van der Waals surface area contributed by atoms with E-state index in [2.05, 4.69) is 26.0 Å². The van der Waals surface area contributed by atoms with Crippen LogP contribution in [-0.2, 0) is 4.79 Å². The molecule has 2 aliphatic rings. The molecule has 3 heterocycles. The number of rotatable bonds is 7. The zero-order valence-corrected chi connectivity index (χ0v) is 21.6. The quantitative estimate of drug-likeness (QED) is 0.477. The predicted molar refractivity (Wildman–Crippen MR) is 140 cm³/mol. The van der Waals surface area contributed by atoms with Crippen molar-refractivity contribution in [3.05, 3.63) is 42.5 Å². The van der Waals surface area contributed by atoms with Crippen LogP contribution in [0.15, 0.2) is 47.0 Å². The first kappa shape index (κ1) is 24.7. The Balaban J connectivity index is 1.15. The number of para-hydroxylation sites is 2. The van der Waals surface area contributed by atoms with Crippen molar-refractivity contribution >= 4 is 17.6 Å². The van der Waals surface area contributed by atoms with Crippen molar-refractivity contribution in [1.29, 1.82) is 0 Å². The summed E-state index contributed by atoms with van der Waals surface area (Å²) in [5.74, 6) is 2.86. The molecular formula is C27H33N5O5. The molecule has 0 unspecified atom stereocenters. The first-order valence-corrected chi connectivity index (χ1v) is 12.6. The van der Waals surface area contributed by atoms with Crippen LogP contribution >= 0.6 is 0 Å². The van der Waals surface area contributed by atoms with Gasteiger partial charge < -0.3 is 33.4 Å². The summed E-state index contributed by atoms with van der Waals surface area (Å²) in [7, 11) is 4.88. The van der Waals surface area contributed by atoms with Crippen LogP contribution in [-0.4, -0.2) is 81.5 Å². The minimum absolute atomic E-state index is 0.0160. The maximum Gasteiger partial charge on any atom is 0.324 e. The molecule has 0 bridgehead atoms. The van der Waals surface area contributed by atoms with Gasteiger partial charge in [0.25, 0.3) is 0 Å². The molecule has 2 saturated heterocycles. The number of piperazine rings is 1. The number of hydrogen-bond donors (Lipinski definition) is 0. The van der Waals surface area contributed by atoms with Gasteiger partial charge in [-0.15, -0.1) is 0 Å². The van der Waals surface area contributed by atoms with Crippen LogP contribution in [0.25, 0.3) is 11.4 Å². The summed E-state index contributed by atoms with van der Waals surface area (Å²) in [6.45, 7) is 4.43. The van der Waals surface area contributed by atoms with Crippen LogP contribution in [0.3, 0.4) is 0 Å². The molecule has 0 N–H and O–H groups in total. The largest absolute Gasteiger partial charge is 0.495 e. The number of benzene rings is 2. The van der Waals surface area contributed by atoms with Crippen molar-refractivity contribution in [2.75, 3.05) is 70.4 Å². The van der Waals surface area contributed by atoms with Crippen LogP contribution in [0.1, 0.15) is 12.8 Å².